The van der Waals surface area contributed by atoms with E-state index in [2.05, 4.69) is 24.3 Å². The van der Waals surface area contributed by atoms with Gasteiger partial charge in [0.2, 0.25) is 0 Å². The maximum atomic E-state index is 13.8. The van der Waals surface area contributed by atoms with Crippen LogP contribution < -0.4 is 5.32 Å². The Hall–Kier alpha value is -1.92. The van der Waals surface area contributed by atoms with Crippen molar-refractivity contribution in [3.05, 3.63) is 33.6 Å². The summed E-state index contributed by atoms with van der Waals surface area (Å²) in [5.41, 5.74) is 3.60. The molecule has 2 saturated carbocycles. The maximum absolute atomic E-state index is 13.8. The van der Waals surface area contributed by atoms with Gasteiger partial charge < -0.3 is 5.32 Å². The molecule has 2 aliphatic rings. The Kier molecular flexibility index (Phi) is 5.57. The fourth-order valence-electron chi connectivity index (χ4n) is 6.32. The van der Waals surface area contributed by atoms with Crippen molar-refractivity contribution in [3.8, 4) is 11.1 Å². The first kappa shape index (κ1) is 21.9. The summed E-state index contributed by atoms with van der Waals surface area (Å²) in [6, 6.07) is 0.229. The molecule has 2 fully saturated rings. The van der Waals surface area contributed by atoms with E-state index in [0.29, 0.717) is 21.7 Å². The van der Waals surface area contributed by atoms with Crippen LogP contribution in [0.15, 0.2) is 12.4 Å². The van der Waals surface area contributed by atoms with Gasteiger partial charge in [0.05, 0.1) is 16.9 Å². The maximum Gasteiger partial charge on any atom is 0.262 e. The highest BCUT2D eigenvalue weighted by Gasteiger charge is 2.41. The SMILES string of the molecule is Cc1nc2sc(C(=O)NC3C(C)CC4CC(C)CC3C4)c(-c3cnn(C)c3)c2c(C)c1Cl. The predicted octanol–water partition coefficient (Wildman–Crippen LogP) is 6.16. The molecule has 170 valence electrons. The van der Waals surface area contributed by atoms with Crippen LogP contribution in [-0.4, -0.2) is 26.7 Å². The lowest BCUT2D eigenvalue weighted by molar-refractivity contribution is 0.0599. The van der Waals surface area contributed by atoms with Crippen LogP contribution in [0.4, 0.5) is 0 Å². The molecule has 3 heterocycles. The average molecular weight is 471 g/mol. The summed E-state index contributed by atoms with van der Waals surface area (Å²) >= 11 is 8.05. The van der Waals surface area contributed by atoms with Crippen molar-refractivity contribution >= 4 is 39.1 Å². The van der Waals surface area contributed by atoms with Crippen molar-refractivity contribution < 1.29 is 4.79 Å². The molecule has 2 aliphatic carbocycles. The van der Waals surface area contributed by atoms with Gasteiger partial charge in [-0.3, -0.25) is 9.48 Å². The second-order valence-electron chi connectivity index (χ2n) is 10.2. The summed E-state index contributed by atoms with van der Waals surface area (Å²) in [5, 5.41) is 9.46. The lowest BCUT2D eigenvalue weighted by Gasteiger charge is -2.46. The lowest BCUT2D eigenvalue weighted by Crippen LogP contribution is -2.50. The van der Waals surface area contributed by atoms with Gasteiger partial charge in [0, 0.05) is 35.8 Å². The van der Waals surface area contributed by atoms with Gasteiger partial charge in [0.1, 0.15) is 9.71 Å². The average Bonchev–Trinajstić information content (AvgIpc) is 3.32. The lowest BCUT2D eigenvalue weighted by atomic mass is 9.63. The van der Waals surface area contributed by atoms with Gasteiger partial charge in [-0.05, 0) is 68.8 Å². The third-order valence-corrected chi connectivity index (χ3v) is 9.22. The quantitative estimate of drug-likeness (QED) is 0.498. The number of hydrogen-bond acceptors (Lipinski definition) is 4. The van der Waals surface area contributed by atoms with Crippen LogP contribution in [0.2, 0.25) is 5.02 Å². The van der Waals surface area contributed by atoms with Gasteiger partial charge in [-0.25, -0.2) is 4.98 Å². The number of nitrogens with one attached hydrogen (secondary N) is 1. The summed E-state index contributed by atoms with van der Waals surface area (Å²) in [5.74, 6) is 2.65. The Morgan fingerprint density at radius 2 is 2.00 bits per heavy atom. The molecule has 7 heteroatoms. The Morgan fingerprint density at radius 3 is 2.72 bits per heavy atom. The number of carbonyl (C=O) groups is 1. The first-order chi connectivity index (χ1) is 15.2. The number of amides is 1. The highest BCUT2D eigenvalue weighted by atomic mass is 35.5. The third-order valence-electron chi connectivity index (χ3n) is 7.58. The van der Waals surface area contributed by atoms with Crippen molar-refractivity contribution in [1.29, 1.82) is 0 Å². The highest BCUT2D eigenvalue weighted by molar-refractivity contribution is 7.21. The molecule has 5 unspecified atom stereocenters. The fraction of sp³-hybridized carbons (Fsp3) is 0.560. The van der Waals surface area contributed by atoms with Crippen LogP contribution in [0.25, 0.3) is 21.3 Å². The van der Waals surface area contributed by atoms with E-state index >= 15 is 0 Å². The topological polar surface area (TPSA) is 59.8 Å². The summed E-state index contributed by atoms with van der Waals surface area (Å²) in [7, 11) is 1.89. The van der Waals surface area contributed by atoms with Crippen LogP contribution in [0.3, 0.4) is 0 Å². The number of hydrogen-bond donors (Lipinski definition) is 1. The van der Waals surface area contributed by atoms with E-state index in [1.807, 2.05) is 33.3 Å². The number of aromatic nitrogens is 3. The molecule has 0 aromatic carbocycles. The molecule has 0 saturated heterocycles. The minimum Gasteiger partial charge on any atom is -0.348 e. The van der Waals surface area contributed by atoms with E-state index in [4.69, 9.17) is 16.6 Å². The molecule has 5 atom stereocenters. The molecule has 3 aromatic rings. The summed E-state index contributed by atoms with van der Waals surface area (Å²) in [6.07, 6.45) is 8.79. The molecule has 1 N–H and O–H groups in total. The molecule has 1 amide bonds. The largest absolute Gasteiger partial charge is 0.348 e. The van der Waals surface area contributed by atoms with Gasteiger partial charge in [0.25, 0.3) is 5.91 Å². The monoisotopic (exact) mass is 470 g/mol. The van der Waals surface area contributed by atoms with E-state index in [-0.39, 0.29) is 11.9 Å². The zero-order valence-electron chi connectivity index (χ0n) is 19.4. The van der Waals surface area contributed by atoms with Crippen LogP contribution in [0.1, 0.15) is 60.5 Å². The van der Waals surface area contributed by atoms with Gasteiger partial charge >= 0.3 is 0 Å². The molecule has 2 bridgehead atoms. The minimum atomic E-state index is 0.00792. The smallest absolute Gasteiger partial charge is 0.262 e. The van der Waals surface area contributed by atoms with Crippen molar-refractivity contribution in [3.63, 3.8) is 0 Å². The fourth-order valence-corrected chi connectivity index (χ4v) is 7.66. The van der Waals surface area contributed by atoms with Gasteiger partial charge in [-0.2, -0.15) is 5.10 Å². The molecular formula is C25H31ClN4OS. The molecule has 0 aliphatic heterocycles. The number of carbonyl (C=O) groups excluding carboxylic acids is 1. The normalized spacial score (nSPS) is 27.6. The van der Waals surface area contributed by atoms with Crippen molar-refractivity contribution in [2.75, 3.05) is 0 Å². The molecule has 32 heavy (non-hydrogen) atoms. The minimum absolute atomic E-state index is 0.00792. The molecule has 0 radical (unpaired) electrons. The predicted molar refractivity (Wildman–Crippen MR) is 131 cm³/mol. The second kappa shape index (κ2) is 8.14. The zero-order chi connectivity index (χ0) is 22.7. The van der Waals surface area contributed by atoms with Crippen molar-refractivity contribution in [1.82, 2.24) is 20.1 Å². The van der Waals surface area contributed by atoms with Crippen molar-refractivity contribution in [2.24, 2.45) is 30.7 Å². The van der Waals surface area contributed by atoms with E-state index < -0.39 is 0 Å². The Labute approximate surface area is 198 Å². The third kappa shape index (κ3) is 3.65. The number of thiophene rings is 1. The van der Waals surface area contributed by atoms with E-state index in [9.17, 15) is 4.79 Å². The van der Waals surface area contributed by atoms with Crippen LogP contribution in [0.5, 0.6) is 0 Å². The Bertz CT molecular complexity index is 1190. The molecular weight excluding hydrogens is 440 g/mol. The van der Waals surface area contributed by atoms with Crippen LogP contribution in [0, 0.1) is 37.5 Å². The number of halogens is 1. The second-order valence-corrected chi connectivity index (χ2v) is 11.6. The summed E-state index contributed by atoms with van der Waals surface area (Å²) in [6.45, 7) is 8.60. The van der Waals surface area contributed by atoms with Crippen molar-refractivity contribution in [2.45, 2.75) is 59.4 Å². The number of rotatable bonds is 3. The zero-order valence-corrected chi connectivity index (χ0v) is 21.0. The van der Waals surface area contributed by atoms with Gasteiger partial charge in [-0.15, -0.1) is 11.3 Å². The van der Waals surface area contributed by atoms with Crippen LogP contribution in [-0.2, 0) is 7.05 Å². The first-order valence-corrected chi connectivity index (χ1v) is 12.8. The van der Waals surface area contributed by atoms with E-state index in [1.54, 1.807) is 4.68 Å². The van der Waals surface area contributed by atoms with Gasteiger partial charge in [0.15, 0.2) is 0 Å². The highest BCUT2D eigenvalue weighted by Crippen LogP contribution is 2.46. The molecule has 0 spiro atoms. The standard InChI is InChI=1S/C25H31ClN4OS/c1-12-6-16-8-13(2)22(17(7-12)9-16)29-24(31)23-20(18-10-27-30(5)11-18)19-14(3)21(26)15(4)28-25(19)32-23/h10-13,16-17,22H,6-9H2,1-5H3,(H,29,31). The number of fused-ring (bicyclic) bond motifs is 3. The summed E-state index contributed by atoms with van der Waals surface area (Å²) < 4.78 is 1.77. The molecule has 5 nitrogen and oxygen atoms in total. The van der Waals surface area contributed by atoms with E-state index in [0.717, 1.165) is 44.4 Å². The number of aryl methyl sites for hydroxylation is 3. The molecule has 5 rings (SSSR count). The van der Waals surface area contributed by atoms with Crippen LogP contribution >= 0.6 is 22.9 Å². The van der Waals surface area contributed by atoms with E-state index in [1.165, 1.54) is 37.0 Å². The number of pyridine rings is 1. The number of nitrogens with zero attached hydrogens (tertiary/aromatic N) is 3. The Balaban J connectivity index is 1.57. The Morgan fingerprint density at radius 1 is 1.22 bits per heavy atom. The first-order valence-electron chi connectivity index (χ1n) is 11.6. The summed E-state index contributed by atoms with van der Waals surface area (Å²) in [4.78, 5) is 20.1. The molecule has 3 aromatic heterocycles. The van der Waals surface area contributed by atoms with Gasteiger partial charge in [-0.1, -0.05) is 25.4 Å².